The van der Waals surface area contributed by atoms with Gasteiger partial charge in [-0.2, -0.15) is 0 Å². The molecule has 8 nitrogen and oxygen atoms in total. The van der Waals surface area contributed by atoms with Gasteiger partial charge in [0.05, 0.1) is 17.7 Å². The third-order valence-electron chi connectivity index (χ3n) is 7.59. The number of carbonyl (C=O) groups is 2. The van der Waals surface area contributed by atoms with Crippen LogP contribution in [0.15, 0.2) is 108 Å². The fraction of sp³-hybridized carbons (Fsp3) is 0.278. The first kappa shape index (κ1) is 34.5. The van der Waals surface area contributed by atoms with E-state index in [1.165, 1.54) is 24.1 Å². The highest BCUT2D eigenvalue weighted by Crippen LogP contribution is 2.27. The minimum atomic E-state index is -4.20. The maximum absolute atomic E-state index is 14.5. The lowest BCUT2D eigenvalue weighted by molar-refractivity contribution is -0.140. The van der Waals surface area contributed by atoms with Gasteiger partial charge in [-0.15, -0.1) is 0 Å². The van der Waals surface area contributed by atoms with Crippen molar-refractivity contribution in [3.8, 4) is 5.75 Å². The molecule has 0 radical (unpaired) electrons. The van der Waals surface area contributed by atoms with Crippen LogP contribution in [0.5, 0.6) is 5.75 Å². The molecule has 1 atom stereocenters. The molecule has 0 bridgehead atoms. The van der Waals surface area contributed by atoms with E-state index in [2.05, 4.69) is 5.32 Å². The third kappa shape index (κ3) is 9.11. The number of halogens is 1. The van der Waals surface area contributed by atoms with Crippen molar-refractivity contribution in [1.29, 1.82) is 0 Å². The number of methoxy groups -OCH3 is 1. The molecular weight excluding hydrogens is 622 g/mol. The highest BCUT2D eigenvalue weighted by atomic mass is 35.5. The Labute approximate surface area is 277 Å². The van der Waals surface area contributed by atoms with Crippen LogP contribution < -0.4 is 14.4 Å². The third-order valence-corrected chi connectivity index (χ3v) is 9.61. The van der Waals surface area contributed by atoms with Gasteiger partial charge in [-0.25, -0.2) is 8.42 Å². The minimum Gasteiger partial charge on any atom is -0.497 e. The van der Waals surface area contributed by atoms with Crippen LogP contribution in [0.25, 0.3) is 0 Å². The van der Waals surface area contributed by atoms with Crippen LogP contribution in [-0.2, 0) is 32.6 Å². The van der Waals surface area contributed by atoms with Gasteiger partial charge in [0.25, 0.3) is 10.0 Å². The van der Waals surface area contributed by atoms with E-state index in [0.717, 1.165) is 28.3 Å². The average molecular weight is 662 g/mol. The second kappa shape index (κ2) is 16.3. The molecule has 1 unspecified atom stereocenters. The van der Waals surface area contributed by atoms with Crippen LogP contribution in [0.1, 0.15) is 36.5 Å². The van der Waals surface area contributed by atoms with Gasteiger partial charge in [0.1, 0.15) is 18.3 Å². The van der Waals surface area contributed by atoms with E-state index in [9.17, 15) is 18.0 Å². The SMILES string of the molecule is CCCCNC(=O)C(Cc1ccccc1)N(Cc1cccc(Cl)c1)C(=O)CN(c1ccc(OC)cc1)S(=O)(=O)c1ccc(C)cc1. The summed E-state index contributed by atoms with van der Waals surface area (Å²) in [5, 5.41) is 3.48. The van der Waals surface area contributed by atoms with Crippen LogP contribution in [0, 0.1) is 6.92 Å². The Morgan fingerprint density at radius 1 is 0.891 bits per heavy atom. The van der Waals surface area contributed by atoms with E-state index in [0.29, 0.717) is 22.9 Å². The topological polar surface area (TPSA) is 96.0 Å². The summed E-state index contributed by atoms with van der Waals surface area (Å²) >= 11 is 6.31. The van der Waals surface area contributed by atoms with E-state index >= 15 is 0 Å². The molecule has 0 fully saturated rings. The maximum Gasteiger partial charge on any atom is 0.264 e. The second-order valence-corrected chi connectivity index (χ2v) is 13.3. The molecule has 0 aromatic heterocycles. The maximum atomic E-state index is 14.5. The van der Waals surface area contributed by atoms with Gasteiger partial charge in [-0.05, 0) is 73.0 Å². The van der Waals surface area contributed by atoms with Gasteiger partial charge in [-0.3, -0.25) is 13.9 Å². The molecule has 4 aromatic carbocycles. The average Bonchev–Trinajstić information content (AvgIpc) is 3.06. The molecule has 242 valence electrons. The van der Waals surface area contributed by atoms with Gasteiger partial charge in [0.2, 0.25) is 11.8 Å². The number of hydrogen-bond acceptors (Lipinski definition) is 5. The van der Waals surface area contributed by atoms with E-state index in [4.69, 9.17) is 16.3 Å². The van der Waals surface area contributed by atoms with Crippen LogP contribution in [0.2, 0.25) is 5.02 Å². The van der Waals surface area contributed by atoms with Gasteiger partial charge in [-0.1, -0.05) is 85.1 Å². The zero-order chi connectivity index (χ0) is 33.1. The highest BCUT2D eigenvalue weighted by molar-refractivity contribution is 7.92. The lowest BCUT2D eigenvalue weighted by atomic mass is 10.0. The van der Waals surface area contributed by atoms with E-state index in [1.807, 2.05) is 50.2 Å². The Kier molecular flexibility index (Phi) is 12.2. The van der Waals surface area contributed by atoms with E-state index in [-0.39, 0.29) is 29.5 Å². The first-order valence-corrected chi connectivity index (χ1v) is 17.0. The molecule has 0 saturated carbocycles. The number of benzene rings is 4. The van der Waals surface area contributed by atoms with Crippen LogP contribution >= 0.6 is 11.6 Å². The zero-order valence-electron chi connectivity index (χ0n) is 26.4. The summed E-state index contributed by atoms with van der Waals surface area (Å²) in [6.45, 7) is 3.85. The Morgan fingerprint density at radius 2 is 1.57 bits per heavy atom. The van der Waals surface area contributed by atoms with Crippen LogP contribution in [0.3, 0.4) is 0 Å². The molecule has 0 heterocycles. The Balaban J connectivity index is 1.79. The smallest absolute Gasteiger partial charge is 0.264 e. The molecule has 4 aromatic rings. The Morgan fingerprint density at radius 3 is 2.20 bits per heavy atom. The summed E-state index contributed by atoms with van der Waals surface area (Å²) in [6.07, 6.45) is 1.91. The van der Waals surface area contributed by atoms with Gasteiger partial charge in [0.15, 0.2) is 0 Å². The first-order valence-electron chi connectivity index (χ1n) is 15.2. The van der Waals surface area contributed by atoms with Crippen molar-refractivity contribution in [3.63, 3.8) is 0 Å². The lowest BCUT2D eigenvalue weighted by Crippen LogP contribution is -2.53. The van der Waals surface area contributed by atoms with Crippen LogP contribution in [-0.4, -0.2) is 51.4 Å². The highest BCUT2D eigenvalue weighted by Gasteiger charge is 2.34. The summed E-state index contributed by atoms with van der Waals surface area (Å²) in [6, 6.07) is 28.5. The van der Waals surface area contributed by atoms with Crippen molar-refractivity contribution in [3.05, 3.63) is 125 Å². The van der Waals surface area contributed by atoms with Crippen molar-refractivity contribution in [2.45, 2.75) is 50.6 Å². The number of carbonyl (C=O) groups excluding carboxylic acids is 2. The molecule has 0 saturated heterocycles. The molecule has 46 heavy (non-hydrogen) atoms. The van der Waals surface area contributed by atoms with Crippen molar-refractivity contribution >= 4 is 39.1 Å². The standard InChI is InChI=1S/C36H40ClN3O5S/c1-4-5-22-38-36(42)34(24-28-10-7-6-8-11-28)39(25-29-12-9-13-30(37)23-29)35(41)26-40(31-16-18-32(45-3)19-17-31)46(43,44)33-20-14-27(2)15-21-33/h6-21,23,34H,4-5,22,24-26H2,1-3H3,(H,38,42). The first-order chi connectivity index (χ1) is 22.1. The molecule has 4 rings (SSSR count). The predicted molar refractivity (Wildman–Crippen MR) is 183 cm³/mol. The van der Waals surface area contributed by atoms with Crippen LogP contribution in [0.4, 0.5) is 5.69 Å². The zero-order valence-corrected chi connectivity index (χ0v) is 27.9. The number of unbranched alkanes of at least 4 members (excludes halogenated alkanes) is 1. The van der Waals surface area contributed by atoms with Crippen molar-refractivity contribution in [1.82, 2.24) is 10.2 Å². The summed E-state index contributed by atoms with van der Waals surface area (Å²) in [7, 11) is -2.68. The molecule has 10 heteroatoms. The number of aryl methyl sites for hydroxylation is 1. The number of hydrogen-bond donors (Lipinski definition) is 1. The van der Waals surface area contributed by atoms with E-state index < -0.39 is 28.5 Å². The normalized spacial score (nSPS) is 11.8. The summed E-state index contributed by atoms with van der Waals surface area (Å²) in [5.41, 5.74) is 2.75. The number of anilines is 1. The number of nitrogens with zero attached hydrogens (tertiary/aromatic N) is 2. The largest absolute Gasteiger partial charge is 0.497 e. The number of amides is 2. The fourth-order valence-corrected chi connectivity index (χ4v) is 6.63. The molecule has 2 amide bonds. The Hall–Kier alpha value is -4.34. The quantitative estimate of drug-likeness (QED) is 0.149. The number of ether oxygens (including phenoxy) is 1. The molecule has 0 aliphatic heterocycles. The van der Waals surface area contributed by atoms with Gasteiger partial charge < -0.3 is 15.0 Å². The number of sulfonamides is 1. The van der Waals surface area contributed by atoms with E-state index in [1.54, 1.807) is 54.6 Å². The molecular formula is C36H40ClN3O5S. The summed E-state index contributed by atoms with van der Waals surface area (Å²) in [5.74, 6) is -0.319. The summed E-state index contributed by atoms with van der Waals surface area (Å²) in [4.78, 5) is 29.8. The Bertz CT molecular complexity index is 1700. The molecule has 0 aliphatic carbocycles. The van der Waals surface area contributed by atoms with Crippen molar-refractivity contribution in [2.24, 2.45) is 0 Å². The molecule has 0 aliphatic rings. The van der Waals surface area contributed by atoms with Gasteiger partial charge in [0, 0.05) is 24.5 Å². The lowest BCUT2D eigenvalue weighted by Gasteiger charge is -2.34. The summed E-state index contributed by atoms with van der Waals surface area (Å²) < 4.78 is 34.7. The number of nitrogens with one attached hydrogen (secondary N) is 1. The van der Waals surface area contributed by atoms with Crippen molar-refractivity contribution in [2.75, 3.05) is 24.5 Å². The second-order valence-electron chi connectivity index (χ2n) is 11.0. The van der Waals surface area contributed by atoms with Crippen molar-refractivity contribution < 1.29 is 22.7 Å². The number of rotatable bonds is 15. The predicted octanol–water partition coefficient (Wildman–Crippen LogP) is 6.41. The monoisotopic (exact) mass is 661 g/mol. The molecule has 0 spiro atoms. The minimum absolute atomic E-state index is 0.0408. The fourth-order valence-electron chi connectivity index (χ4n) is 5.01. The molecule has 1 N–H and O–H groups in total. The van der Waals surface area contributed by atoms with Gasteiger partial charge >= 0.3 is 0 Å².